The van der Waals surface area contributed by atoms with Crippen molar-refractivity contribution in [2.75, 3.05) is 51.4 Å². The van der Waals surface area contributed by atoms with Crippen molar-refractivity contribution in [2.24, 2.45) is 0 Å². The Morgan fingerprint density at radius 2 is 1.97 bits per heavy atom. The summed E-state index contributed by atoms with van der Waals surface area (Å²) in [5.41, 5.74) is 2.38. The zero-order chi connectivity index (χ0) is 24.9. The molecule has 3 aromatic rings. The highest BCUT2D eigenvalue weighted by Gasteiger charge is 2.25. The second kappa shape index (κ2) is 11.3. The average molecular weight is 494 g/mol. The molecule has 2 saturated heterocycles. The van der Waals surface area contributed by atoms with Crippen LogP contribution in [0.15, 0.2) is 36.4 Å². The molecule has 9 nitrogen and oxygen atoms in total. The van der Waals surface area contributed by atoms with Crippen LogP contribution in [0.25, 0.3) is 11.0 Å². The van der Waals surface area contributed by atoms with Crippen LogP contribution in [0.5, 0.6) is 5.88 Å². The number of carbonyl (C=O) groups is 1. The molecule has 0 N–H and O–H groups in total. The van der Waals surface area contributed by atoms with Gasteiger partial charge in [-0.2, -0.15) is 4.98 Å². The van der Waals surface area contributed by atoms with E-state index in [-0.39, 0.29) is 12.1 Å². The molecule has 4 heterocycles. The van der Waals surface area contributed by atoms with Crippen molar-refractivity contribution in [3.63, 3.8) is 0 Å². The van der Waals surface area contributed by atoms with Gasteiger partial charge in [0, 0.05) is 38.9 Å². The minimum atomic E-state index is -0.337. The van der Waals surface area contributed by atoms with E-state index in [1.165, 1.54) is 7.11 Å². The fourth-order valence-corrected chi connectivity index (χ4v) is 4.69. The van der Waals surface area contributed by atoms with Crippen LogP contribution < -0.4 is 9.64 Å². The van der Waals surface area contributed by atoms with E-state index in [0.717, 1.165) is 87.8 Å². The van der Waals surface area contributed by atoms with Gasteiger partial charge < -0.3 is 23.7 Å². The second-order valence-electron chi connectivity index (χ2n) is 9.41. The van der Waals surface area contributed by atoms with Gasteiger partial charge in [0.05, 0.1) is 49.5 Å². The highest BCUT2D eigenvalue weighted by Crippen LogP contribution is 2.24. The lowest BCUT2D eigenvalue weighted by atomic mass is 10.1. The smallest absolute Gasteiger partial charge is 0.337 e. The van der Waals surface area contributed by atoms with E-state index in [1.54, 1.807) is 6.07 Å². The lowest BCUT2D eigenvalue weighted by Gasteiger charge is -2.35. The van der Waals surface area contributed by atoms with Gasteiger partial charge in [0.1, 0.15) is 11.6 Å². The van der Waals surface area contributed by atoms with E-state index in [9.17, 15) is 4.79 Å². The van der Waals surface area contributed by atoms with Crippen LogP contribution in [-0.4, -0.2) is 78.0 Å². The van der Waals surface area contributed by atoms with Gasteiger partial charge in [-0.15, -0.1) is 0 Å². The predicted octanol–water partition coefficient (Wildman–Crippen LogP) is 3.51. The molecule has 2 aliphatic heterocycles. The van der Waals surface area contributed by atoms with Gasteiger partial charge in [0.2, 0.25) is 5.88 Å². The molecule has 5 rings (SSSR count). The fourth-order valence-electron chi connectivity index (χ4n) is 4.69. The lowest BCUT2D eigenvalue weighted by molar-refractivity contribution is -0.0592. The molecule has 2 aliphatic rings. The van der Waals surface area contributed by atoms with E-state index in [1.807, 2.05) is 24.3 Å². The van der Waals surface area contributed by atoms with E-state index in [0.29, 0.717) is 18.1 Å². The maximum atomic E-state index is 12.1. The quantitative estimate of drug-likeness (QED) is 0.314. The van der Waals surface area contributed by atoms with Crippen LogP contribution in [-0.2, 0) is 22.6 Å². The Hall–Kier alpha value is -3.17. The minimum absolute atomic E-state index is 0.192. The number of nitrogens with zero attached hydrogens (tertiary/aromatic N) is 5. The Kier molecular flexibility index (Phi) is 7.67. The van der Waals surface area contributed by atoms with Gasteiger partial charge in [-0.3, -0.25) is 4.90 Å². The van der Waals surface area contributed by atoms with E-state index >= 15 is 0 Å². The third-order valence-electron chi connectivity index (χ3n) is 6.95. The number of ether oxygens (including phenoxy) is 3. The summed E-state index contributed by atoms with van der Waals surface area (Å²) in [6.07, 6.45) is 3.38. The Morgan fingerprint density at radius 3 is 2.69 bits per heavy atom. The molecule has 9 heteroatoms. The van der Waals surface area contributed by atoms with Crippen LogP contribution in [0.4, 0.5) is 5.82 Å². The Bertz CT molecular complexity index is 1180. The van der Waals surface area contributed by atoms with Crippen LogP contribution in [0, 0.1) is 0 Å². The molecule has 0 saturated carbocycles. The van der Waals surface area contributed by atoms with E-state index in [4.69, 9.17) is 24.2 Å². The first kappa shape index (κ1) is 24.5. The molecule has 1 aromatic carbocycles. The van der Waals surface area contributed by atoms with Crippen molar-refractivity contribution in [3.05, 3.63) is 47.8 Å². The number of aromatic nitrogens is 3. The van der Waals surface area contributed by atoms with Gasteiger partial charge in [-0.25, -0.2) is 9.78 Å². The molecule has 0 unspecified atom stereocenters. The number of unbranched alkanes of at least 4 members (excludes halogenated alkanes) is 1. The third kappa shape index (κ3) is 5.47. The number of methoxy groups -OCH3 is 1. The first-order chi connectivity index (χ1) is 17.6. The molecule has 192 valence electrons. The summed E-state index contributed by atoms with van der Waals surface area (Å²) in [4.78, 5) is 26.5. The SMILES string of the molecule is CCCCOc1cccc(N2CCN(Cc3nc4ccc(C(=O)OC)cc4n3C[C@@H]3CCO3)CC2)n1. The molecular weight excluding hydrogens is 458 g/mol. The Labute approximate surface area is 212 Å². The summed E-state index contributed by atoms with van der Waals surface area (Å²) in [5, 5.41) is 0. The minimum Gasteiger partial charge on any atom is -0.478 e. The molecular formula is C27H35N5O4. The molecule has 0 aliphatic carbocycles. The van der Waals surface area contributed by atoms with Crippen LogP contribution in [0.3, 0.4) is 0 Å². The first-order valence-corrected chi connectivity index (χ1v) is 12.9. The number of benzene rings is 1. The van der Waals surface area contributed by atoms with Crippen molar-refractivity contribution >= 4 is 22.8 Å². The largest absolute Gasteiger partial charge is 0.478 e. The molecule has 0 spiro atoms. The number of hydrogen-bond acceptors (Lipinski definition) is 8. The van der Waals surface area contributed by atoms with Crippen molar-refractivity contribution in [2.45, 2.75) is 45.4 Å². The molecule has 0 radical (unpaired) electrons. The Morgan fingerprint density at radius 1 is 1.14 bits per heavy atom. The van der Waals surface area contributed by atoms with Gasteiger partial charge >= 0.3 is 5.97 Å². The molecule has 2 aromatic heterocycles. The number of anilines is 1. The van der Waals surface area contributed by atoms with Gasteiger partial charge in [-0.1, -0.05) is 19.4 Å². The predicted molar refractivity (Wildman–Crippen MR) is 138 cm³/mol. The Balaban J connectivity index is 1.27. The first-order valence-electron chi connectivity index (χ1n) is 12.9. The zero-order valence-corrected chi connectivity index (χ0v) is 21.2. The summed E-state index contributed by atoms with van der Waals surface area (Å²) in [5.74, 6) is 2.33. The molecule has 1 atom stereocenters. The summed E-state index contributed by atoms with van der Waals surface area (Å²) in [7, 11) is 1.41. The number of esters is 1. The van der Waals surface area contributed by atoms with Gasteiger partial charge in [0.15, 0.2) is 0 Å². The number of pyridine rings is 1. The average Bonchev–Trinajstić information content (AvgIpc) is 3.22. The van der Waals surface area contributed by atoms with Gasteiger partial charge in [0.25, 0.3) is 0 Å². The maximum absolute atomic E-state index is 12.1. The highest BCUT2D eigenvalue weighted by molar-refractivity contribution is 5.93. The summed E-state index contributed by atoms with van der Waals surface area (Å²) < 4.78 is 18.7. The zero-order valence-electron chi connectivity index (χ0n) is 21.2. The third-order valence-corrected chi connectivity index (χ3v) is 6.95. The monoisotopic (exact) mass is 493 g/mol. The number of hydrogen-bond donors (Lipinski definition) is 0. The summed E-state index contributed by atoms with van der Waals surface area (Å²) in [6.45, 7) is 8.77. The van der Waals surface area contributed by atoms with Crippen molar-refractivity contribution in [1.82, 2.24) is 19.4 Å². The molecule has 0 amide bonds. The second-order valence-corrected chi connectivity index (χ2v) is 9.41. The number of carbonyl (C=O) groups excluding carboxylic acids is 1. The van der Waals surface area contributed by atoms with Crippen molar-refractivity contribution in [3.8, 4) is 5.88 Å². The number of imidazole rings is 1. The standard InChI is InChI=1S/C27H35N5O4/c1-3-4-15-36-26-7-5-6-24(29-26)31-13-11-30(12-14-31)19-25-28-22-9-8-20(27(33)34-2)17-23(22)32(25)18-21-10-16-35-21/h5-9,17,21H,3-4,10-16,18-19H2,1-2H3/t21-/m0/s1. The van der Waals surface area contributed by atoms with E-state index in [2.05, 4.69) is 27.4 Å². The van der Waals surface area contributed by atoms with Gasteiger partial charge in [-0.05, 0) is 37.1 Å². The molecule has 2 fully saturated rings. The summed E-state index contributed by atoms with van der Waals surface area (Å²) >= 11 is 0. The normalized spacial score (nSPS) is 18.3. The van der Waals surface area contributed by atoms with Crippen molar-refractivity contribution < 1.29 is 19.0 Å². The number of piperazine rings is 1. The van der Waals surface area contributed by atoms with Crippen LogP contribution in [0.2, 0.25) is 0 Å². The highest BCUT2D eigenvalue weighted by atomic mass is 16.5. The van der Waals surface area contributed by atoms with Crippen LogP contribution >= 0.6 is 0 Å². The fraction of sp³-hybridized carbons (Fsp3) is 0.519. The van der Waals surface area contributed by atoms with Crippen LogP contribution in [0.1, 0.15) is 42.4 Å². The van der Waals surface area contributed by atoms with E-state index < -0.39 is 0 Å². The molecule has 0 bridgehead atoms. The topological polar surface area (TPSA) is 82.0 Å². The number of fused-ring (bicyclic) bond motifs is 1. The summed E-state index contributed by atoms with van der Waals surface area (Å²) in [6, 6.07) is 11.6. The maximum Gasteiger partial charge on any atom is 0.337 e. The number of rotatable bonds is 10. The lowest BCUT2D eigenvalue weighted by Crippen LogP contribution is -2.46. The van der Waals surface area contributed by atoms with Crippen molar-refractivity contribution in [1.29, 1.82) is 0 Å². The molecule has 36 heavy (non-hydrogen) atoms.